The first-order valence-electron chi connectivity index (χ1n) is 23.1. The molecule has 3 rings (SSSR count). The van der Waals surface area contributed by atoms with Gasteiger partial charge in [-0.2, -0.15) is 21.0 Å². The minimum absolute atomic E-state index is 0.542. The molecule has 6 N–H and O–H groups in total. The van der Waals surface area contributed by atoms with Crippen LogP contribution in [0.1, 0.15) is 157 Å². The minimum Gasteiger partial charge on any atom is -0.481 e. The molecule has 0 aromatic rings. The van der Waals surface area contributed by atoms with E-state index in [2.05, 4.69) is 176 Å². The number of thiocarbonyl (C=S) groups is 1. The molecule has 2 unspecified atom stereocenters. The molecule has 0 aromatic carbocycles. The van der Waals surface area contributed by atoms with E-state index in [0.29, 0.717) is 22.8 Å². The van der Waals surface area contributed by atoms with Crippen LogP contribution in [0.15, 0.2) is 94.5 Å². The second kappa shape index (κ2) is 117. The average Bonchev–Trinajstić information content (AvgIpc) is 4.27. The van der Waals surface area contributed by atoms with Gasteiger partial charge in [0.25, 0.3) is 16.1 Å². The number of nitrogens with zero attached hydrogens (tertiary/aromatic N) is 2. The molecule has 0 aromatic heterocycles. The highest BCUT2D eigenvalue weighted by atomic mass is 35.5. The zero-order valence-electron chi connectivity index (χ0n) is 50.5. The largest absolute Gasteiger partial charge is 0.481 e. The molecule has 3 fully saturated rings. The second-order valence-electron chi connectivity index (χ2n) is 13.9. The first-order chi connectivity index (χ1) is 33.4. The van der Waals surface area contributed by atoms with Gasteiger partial charge in [-0.15, -0.1) is 25.5 Å². The number of nitrogens with two attached hydrogens (primary N) is 1. The summed E-state index contributed by atoms with van der Waals surface area (Å²) in [5, 5.41) is 20.3. The molecule has 0 amide bonds. The monoisotopic (exact) mass is 1110 g/mol. The topological polar surface area (TPSA) is 223 Å². The van der Waals surface area contributed by atoms with Crippen molar-refractivity contribution in [1.29, 1.82) is 0 Å². The molecule has 0 spiro atoms. The van der Waals surface area contributed by atoms with Gasteiger partial charge in [0.05, 0.1) is 37.3 Å². The maximum Gasteiger partial charge on any atom is 0.300 e. The number of epoxide rings is 1. The Morgan fingerprint density at radius 2 is 1.15 bits per heavy atom. The predicted molar refractivity (Wildman–Crippen MR) is 333 cm³/mol. The highest BCUT2D eigenvalue weighted by molar-refractivity contribution is 7.85. The fraction of sp³-hybridized carbons (Fsp3) is 0.655. The number of aliphatic carboxylic acids is 1. The molecule has 0 saturated carbocycles. The van der Waals surface area contributed by atoms with Crippen LogP contribution in [0.25, 0.3) is 0 Å². The van der Waals surface area contributed by atoms with Crippen LogP contribution in [0.4, 0.5) is 0 Å². The molecule has 434 valence electrons. The van der Waals surface area contributed by atoms with E-state index in [1.54, 1.807) is 33.2 Å². The number of unbranched alkanes of at least 4 members (excludes halogenated alkanes) is 1. The summed E-state index contributed by atoms with van der Waals surface area (Å²) in [6.45, 7) is 52.0. The van der Waals surface area contributed by atoms with Crippen LogP contribution >= 0.6 is 36.4 Å². The second-order valence-corrected chi connectivity index (χ2v) is 16.2. The molecule has 3 saturated heterocycles. The van der Waals surface area contributed by atoms with Gasteiger partial charge in [-0.3, -0.25) is 9.35 Å². The third-order valence-corrected chi connectivity index (χ3v) is 5.31. The van der Waals surface area contributed by atoms with E-state index in [4.69, 9.17) is 45.4 Å². The molecule has 0 aliphatic carbocycles. The number of aliphatic hydroxyl groups is 1. The van der Waals surface area contributed by atoms with Gasteiger partial charge in [-0.05, 0) is 142 Å². The molecule has 3 aliphatic heterocycles. The molecular weight excluding hydrogens is 992 g/mol. The first kappa shape index (κ1) is 109. The molecule has 0 radical (unpaired) electrons. The van der Waals surface area contributed by atoms with E-state index < -0.39 is 16.1 Å². The van der Waals surface area contributed by atoms with Crippen LogP contribution in [0, 0.1) is 17.8 Å². The standard InChI is InChI=1S/C6H12O.C6H12.2C5H10.2C4H8.C3H5Cl.C3H7N.C3H6O.C3H6.C3H4.C2H3NO.C2H3NS.C2H4O2.CH5N.CH4O3S.CH4O.CH4S/c1-3-6(2)4-7-5-6;1-3-5-6-4-2;1-4-5(2)3;1-3-5-4-2;1-4(2)3;1-3-4-2;1-3(2)4;2*1-3-2-4-3;2*1-3-2;2*1-3-2-4;1-2(3)4;1-2;1-5(2,3)4;2*1-2/h3-5H2,1-2H3;3,5H,4,6H2,1-2H3;4H,1-3H3;3,5H,4H2,1-2H3;1H2,2-3H3;3-4H,1-2H3;1H2,2H3;3-4H,2H2,1H3;3H,2H2,1H3;3H,1H2,2H3;1H,2H3;2*1H3;1H3,(H,3,4);2H2,1H3;1H3,(H,2,3,4);2*2H,1H3/b;5-3+;;5-3+;;4-3+;;;;;;;;;;;;. The quantitative estimate of drug-likeness (QED) is 0.0226. The molecule has 13 nitrogen and oxygen atoms in total. The number of terminal acetylenes is 1. The Balaban J connectivity index is -0.0000000371. The Labute approximate surface area is 463 Å². The fourth-order valence-corrected chi connectivity index (χ4v) is 1.44. The lowest BCUT2D eigenvalue weighted by Gasteiger charge is -2.36. The number of isothiocyanates is 1. The number of isocyanates is 1. The highest BCUT2D eigenvalue weighted by Gasteiger charge is 2.30. The Hall–Kier alpha value is -3.26. The van der Waals surface area contributed by atoms with Gasteiger partial charge in [0, 0.05) is 51.2 Å². The summed E-state index contributed by atoms with van der Waals surface area (Å²) in [6.07, 6.45) is 30.1. The number of nitrogens with one attached hydrogen (secondary N) is 1. The van der Waals surface area contributed by atoms with Crippen LogP contribution < -0.4 is 11.1 Å². The molecule has 17 heteroatoms. The third-order valence-electron chi connectivity index (χ3n) is 5.12. The summed E-state index contributed by atoms with van der Waals surface area (Å²) in [4.78, 5) is 24.1. The number of halogens is 1. The minimum atomic E-state index is -3.67. The summed E-state index contributed by atoms with van der Waals surface area (Å²) < 4.78 is 35.6. The number of aliphatic imine (C=N–C) groups is 2. The molecule has 3 heterocycles. The smallest absolute Gasteiger partial charge is 0.300 e. The van der Waals surface area contributed by atoms with E-state index in [0.717, 1.165) is 46.3 Å². The Morgan fingerprint density at radius 1 is 0.931 bits per heavy atom. The SMILES string of the molecule is C#CC.C/C=C/C.C/C=C/CC.C/C=C/CCC.C=C(C)C.C=C(C)Cl.C=CC.CC(=O)O.CC1CN1.CC1CO1.CC=C(C)C.CCC1(C)COC1.CN.CN=C=O.CN=C=S.CO.CS.CS(=O)(=O)O. The lowest BCUT2D eigenvalue weighted by molar-refractivity contribution is -0.134. The summed E-state index contributed by atoms with van der Waals surface area (Å²) in [6, 6.07) is 0.833. The molecule has 72 heavy (non-hydrogen) atoms. The number of carboxylic acid groups (broad SMARTS) is 1. The van der Waals surface area contributed by atoms with E-state index in [-0.39, 0.29) is 0 Å². The van der Waals surface area contributed by atoms with Crippen molar-refractivity contribution in [3.8, 4) is 12.3 Å². The van der Waals surface area contributed by atoms with Crippen molar-refractivity contribution >= 4 is 63.8 Å². The van der Waals surface area contributed by atoms with Crippen molar-refractivity contribution in [3.63, 3.8) is 0 Å². The van der Waals surface area contributed by atoms with Gasteiger partial charge in [-0.25, -0.2) is 14.8 Å². The number of carbonyl (C=O) groups excluding carboxylic acids is 1. The number of ether oxygens (including phenoxy) is 2. The van der Waals surface area contributed by atoms with Gasteiger partial charge in [0.15, 0.2) is 0 Å². The zero-order chi connectivity index (χ0) is 61.4. The van der Waals surface area contributed by atoms with E-state index in [1.807, 2.05) is 60.6 Å². The Morgan fingerprint density at radius 3 is 1.17 bits per heavy atom. The lowest BCUT2D eigenvalue weighted by Crippen LogP contribution is -2.38. The molecular formula is C55H115ClN4O9S3. The van der Waals surface area contributed by atoms with Gasteiger partial charge >= 0.3 is 0 Å². The third kappa shape index (κ3) is 512. The number of rotatable bonds is 4. The molecule has 0 bridgehead atoms. The summed E-state index contributed by atoms with van der Waals surface area (Å²) in [5.74, 6) is 1.42. The lowest BCUT2D eigenvalue weighted by atomic mass is 9.86. The average molecular weight is 1110 g/mol. The van der Waals surface area contributed by atoms with Crippen molar-refractivity contribution in [1.82, 2.24) is 5.32 Å². The van der Waals surface area contributed by atoms with Gasteiger partial charge < -0.3 is 30.7 Å². The van der Waals surface area contributed by atoms with Crippen LogP contribution in [0.3, 0.4) is 0 Å². The van der Waals surface area contributed by atoms with Crippen LogP contribution in [0.5, 0.6) is 0 Å². The normalized spacial score (nSPS) is 12.5. The number of carbonyl (C=O) groups is 1. The Bertz CT molecular complexity index is 1290. The summed E-state index contributed by atoms with van der Waals surface area (Å²) in [7, 11) is 1.81. The fourth-order valence-electron chi connectivity index (χ4n) is 1.44. The van der Waals surface area contributed by atoms with Crippen molar-refractivity contribution in [2.45, 2.75) is 169 Å². The Kier molecular flexibility index (Phi) is 178. The zero-order valence-corrected chi connectivity index (χ0v) is 53.8. The highest BCUT2D eigenvalue weighted by Crippen LogP contribution is 2.29. The first-order valence-corrected chi connectivity index (χ1v) is 26.7. The number of allylic oxidation sites excluding steroid dienone is 11. The van der Waals surface area contributed by atoms with Gasteiger partial charge in [0.2, 0.25) is 6.08 Å². The van der Waals surface area contributed by atoms with Crippen LogP contribution in [0.2, 0.25) is 0 Å². The van der Waals surface area contributed by atoms with Crippen LogP contribution in [-0.4, -0.2) is 120 Å². The van der Waals surface area contributed by atoms with E-state index in [9.17, 15) is 8.42 Å². The van der Waals surface area contributed by atoms with Crippen molar-refractivity contribution in [2.75, 3.05) is 67.1 Å². The number of thiol groups is 1. The maximum absolute atomic E-state index is 9.19. The number of aliphatic hydroxyl groups excluding tert-OH is 1. The summed E-state index contributed by atoms with van der Waals surface area (Å²) in [5.41, 5.74) is 7.59. The van der Waals surface area contributed by atoms with E-state index in [1.165, 1.54) is 57.1 Å². The number of carboxylic acids is 1. The van der Waals surface area contributed by atoms with Crippen molar-refractivity contribution < 1.29 is 42.2 Å². The van der Waals surface area contributed by atoms with Gasteiger partial charge in [-0.1, -0.05) is 112 Å². The predicted octanol–water partition coefficient (Wildman–Crippen LogP) is 14.9. The van der Waals surface area contributed by atoms with Crippen molar-refractivity contribution in [2.24, 2.45) is 21.1 Å². The number of hydrogen-bond acceptors (Lipinski definition) is 13. The molecule has 3 aliphatic rings. The van der Waals surface area contributed by atoms with Gasteiger partial charge in [0.1, 0.15) is 0 Å². The molecule has 2 atom stereocenters. The van der Waals surface area contributed by atoms with Crippen molar-refractivity contribution in [3.05, 3.63) is 84.5 Å². The summed E-state index contributed by atoms with van der Waals surface area (Å²) >= 11 is 12.7. The maximum atomic E-state index is 9.19. The van der Waals surface area contributed by atoms with E-state index >= 15 is 0 Å². The number of hydrogen-bond donors (Lipinski definition) is 6. The van der Waals surface area contributed by atoms with Crippen LogP contribution in [-0.2, 0) is 29.2 Å².